The molecule has 1 saturated heterocycles. The fraction of sp³-hybridized carbons (Fsp3) is 0.354. The normalized spacial score (nSPS) is 12.8. The standard InChI is InChI=1S/C105H112F2N2O4.C4H8O.C4H11Si.Sc/c1-58-36-62(5)94(63(6)37-58)72-26-30-80-81-31-27-73(95-64(7)38-59(2)39-65(95)8)47-89(81)108(88(80)46-72)92-52-76(104(21,22)56-102(15,16)17)50-84(98(92)110)86-54-78(106)44-70(13)100(86)112-34-25-35-113-101-71(14)45-79(107)55-87(101)85-51-77(105(23,24)57-103(18,19)20)53-93(99(85)111)109-90-48-74(96-66(9)40-60(3)41-67(96)10)28-32-82(90)83-33-29-75(49-91(83)109)97-68(11)42-61(4)43-69(97)12;1-2-4-5-3-1;1-5(2,3)4;/h26-33,36-55,110-111H,25,34-35,56-57H2,1-24H3;1-4H2;1H2,2-4H3;/q;;-1;. The van der Waals surface area contributed by atoms with Crippen LogP contribution in [0.15, 0.2) is 170 Å². The number of halogens is 2. The van der Waals surface area contributed by atoms with Crippen LogP contribution in [0.1, 0.15) is 190 Å². The zero-order valence-electron chi connectivity index (χ0n) is 79.1. The Morgan fingerprint density at radius 2 is 0.621 bits per heavy atom. The summed E-state index contributed by atoms with van der Waals surface area (Å²) in [5, 5.41) is 31.5. The van der Waals surface area contributed by atoms with Crippen LogP contribution in [0, 0.1) is 126 Å². The minimum Gasteiger partial charge on any atom is -0.505 e. The molecule has 14 aromatic rings. The van der Waals surface area contributed by atoms with Crippen molar-refractivity contribution in [1.29, 1.82) is 0 Å². The number of aryl methyl sites for hydroxylation is 14. The Bertz CT molecular complexity index is 5730. The summed E-state index contributed by atoms with van der Waals surface area (Å²) in [4.78, 5) is 0. The summed E-state index contributed by atoms with van der Waals surface area (Å²) in [5.74, 6) is -0.0775. The fourth-order valence-corrected chi connectivity index (χ4v) is 20.5. The molecule has 1 aliphatic heterocycles. The van der Waals surface area contributed by atoms with Gasteiger partial charge in [0.15, 0.2) is 0 Å². The van der Waals surface area contributed by atoms with Crippen molar-refractivity contribution in [1.82, 2.24) is 9.13 Å². The number of aromatic nitrogens is 2. The topological polar surface area (TPSA) is 78.0 Å². The summed E-state index contributed by atoms with van der Waals surface area (Å²) in [6.45, 7) is 65.1. The van der Waals surface area contributed by atoms with E-state index in [0.29, 0.717) is 62.7 Å². The number of phenolic OH excluding ortho intramolecular Hbond substituents is 2. The van der Waals surface area contributed by atoms with Gasteiger partial charge >= 0.3 is 0 Å². The van der Waals surface area contributed by atoms with Crippen molar-refractivity contribution in [3.05, 3.63) is 277 Å². The summed E-state index contributed by atoms with van der Waals surface area (Å²) in [5.41, 5.74) is 31.8. The first kappa shape index (κ1) is 93.5. The van der Waals surface area contributed by atoms with Crippen LogP contribution in [0.2, 0.25) is 19.6 Å². The fourth-order valence-electron chi connectivity index (χ4n) is 20.5. The molecule has 12 aromatic carbocycles. The molecule has 3 heterocycles. The van der Waals surface area contributed by atoms with Crippen LogP contribution in [0.3, 0.4) is 0 Å². The Hall–Kier alpha value is -9.65. The van der Waals surface area contributed by atoms with Crippen molar-refractivity contribution in [3.8, 4) is 101 Å². The molecule has 0 amide bonds. The van der Waals surface area contributed by atoms with E-state index in [4.69, 9.17) is 14.2 Å². The molecule has 0 aliphatic carbocycles. The average Bonchev–Trinajstić information content (AvgIpc) is 1.64. The maximum Gasteiger partial charge on any atom is 0.147 e. The van der Waals surface area contributed by atoms with E-state index in [9.17, 15) is 10.2 Å². The van der Waals surface area contributed by atoms with E-state index in [0.717, 1.165) is 103 Å². The molecule has 0 atom stereocenters. The minimum atomic E-state index is -0.861. The van der Waals surface area contributed by atoms with Crippen molar-refractivity contribution in [2.45, 2.75) is 229 Å². The number of benzene rings is 12. The molecule has 15 rings (SSSR count). The molecule has 2 aromatic heterocycles. The third-order valence-corrected chi connectivity index (χ3v) is 24.2. The van der Waals surface area contributed by atoms with Crippen LogP contribution in [0.25, 0.3) is 122 Å². The van der Waals surface area contributed by atoms with E-state index >= 15 is 8.78 Å². The largest absolute Gasteiger partial charge is 0.505 e. The molecule has 0 spiro atoms. The molecule has 645 valence electrons. The molecular weight excluding hydrogens is 1580 g/mol. The van der Waals surface area contributed by atoms with Crippen molar-refractivity contribution in [2.75, 3.05) is 26.4 Å². The Kier molecular flexibility index (Phi) is 27.4. The van der Waals surface area contributed by atoms with Crippen LogP contribution in [0.5, 0.6) is 23.0 Å². The van der Waals surface area contributed by atoms with Crippen LogP contribution in [-0.4, -0.2) is 53.8 Å². The summed E-state index contributed by atoms with van der Waals surface area (Å²) in [6, 6.07) is 59.2. The maximum absolute atomic E-state index is 16.7. The number of hydrogen-bond acceptors (Lipinski definition) is 5. The molecule has 0 saturated carbocycles. The van der Waals surface area contributed by atoms with Gasteiger partial charge in [0.25, 0.3) is 0 Å². The summed E-state index contributed by atoms with van der Waals surface area (Å²) >= 11 is 0. The van der Waals surface area contributed by atoms with Gasteiger partial charge in [0.05, 0.1) is 46.7 Å². The molecule has 1 aliphatic rings. The number of rotatable bonds is 18. The second-order valence-electron chi connectivity index (χ2n) is 40.8. The van der Waals surface area contributed by atoms with Gasteiger partial charge < -0.3 is 40.1 Å². The van der Waals surface area contributed by atoms with Crippen molar-refractivity contribution in [3.63, 3.8) is 0 Å². The van der Waals surface area contributed by atoms with Gasteiger partial charge in [0.1, 0.15) is 34.6 Å². The second-order valence-corrected chi connectivity index (χ2v) is 46.0. The zero-order chi connectivity index (χ0) is 89.3. The Morgan fingerprint density at radius 1 is 0.363 bits per heavy atom. The van der Waals surface area contributed by atoms with Crippen LogP contribution in [-0.2, 0) is 41.4 Å². The van der Waals surface area contributed by atoms with Crippen molar-refractivity contribution in [2.24, 2.45) is 10.8 Å². The second kappa shape index (κ2) is 36.4. The average molecular weight is 1710 g/mol. The third-order valence-electron chi connectivity index (χ3n) is 24.2. The van der Waals surface area contributed by atoms with Crippen molar-refractivity contribution < 1.29 is 59.0 Å². The van der Waals surface area contributed by atoms with Gasteiger partial charge in [-0.3, -0.25) is 0 Å². The summed E-state index contributed by atoms with van der Waals surface area (Å²) in [6.07, 6.45) is 4.52. The SMILES string of the molecule is C1CCOC1.Cc1cc(C)c(-c2ccc3c4ccc(-c5c(C)cc(C)cc5C)cc4n(-c4cc(C(C)(C)CC(C)(C)C)cc(-c5cc(F)cc(C)c5OCCCOc5c(C)cc(F)cc5-c5cc(C(C)(C)CC(C)(C)C)cc(-n6c7cc(-c8c(C)cc(C)cc8C)ccc7c7ccc(-c8c(C)cc(C)cc8C)cc76)c5O)c4O)c3c2)c(C)c1.[CH2-][Si](C)(C)C.[Sc]. The first-order valence-electron chi connectivity index (χ1n) is 44.2. The quantitative estimate of drug-likeness (QED) is 0.0508. The zero-order valence-corrected chi connectivity index (χ0v) is 81.9. The first-order chi connectivity index (χ1) is 57.6. The maximum atomic E-state index is 16.7. The third kappa shape index (κ3) is 20.1. The minimum absolute atomic E-state index is 0. The van der Waals surface area contributed by atoms with Gasteiger partial charge in [-0.15, -0.1) is 8.07 Å². The first-order valence-corrected chi connectivity index (χ1v) is 47.9. The van der Waals surface area contributed by atoms with Gasteiger partial charge in [-0.05, 0) is 328 Å². The van der Waals surface area contributed by atoms with E-state index in [2.05, 4.69) is 321 Å². The van der Waals surface area contributed by atoms with Crippen molar-refractivity contribution >= 4 is 51.7 Å². The van der Waals surface area contributed by atoms with Crippen LogP contribution < -0.4 is 9.47 Å². The molecule has 11 heteroatoms. The van der Waals surface area contributed by atoms with E-state index < -0.39 is 30.5 Å². The van der Waals surface area contributed by atoms with Gasteiger partial charge in [-0.2, -0.15) is 0 Å². The number of nitrogens with zero attached hydrogens (tertiary/aromatic N) is 2. The number of ether oxygens (including phenoxy) is 3. The summed E-state index contributed by atoms with van der Waals surface area (Å²) < 4.78 is 56.8. The van der Waals surface area contributed by atoms with E-state index in [1.54, 1.807) is 0 Å². The smallest absolute Gasteiger partial charge is 0.147 e. The van der Waals surface area contributed by atoms with Crippen LogP contribution >= 0.6 is 0 Å². The molecule has 1 radical (unpaired) electrons. The molecule has 1 fully saturated rings. The number of hydrogen-bond donors (Lipinski definition) is 2. The summed E-state index contributed by atoms with van der Waals surface area (Å²) in [7, 11) is -0.861. The number of fused-ring (bicyclic) bond motifs is 6. The van der Waals surface area contributed by atoms with E-state index in [1.165, 1.54) is 126 Å². The van der Waals surface area contributed by atoms with Gasteiger partial charge in [0.2, 0.25) is 0 Å². The predicted octanol–water partition coefficient (Wildman–Crippen LogP) is 31.7. The van der Waals surface area contributed by atoms with Gasteiger partial charge in [-0.25, -0.2) is 8.78 Å². The predicted molar refractivity (Wildman–Crippen MR) is 522 cm³/mol. The van der Waals surface area contributed by atoms with Gasteiger partial charge in [0, 0.05) is 89.3 Å². The van der Waals surface area contributed by atoms with Gasteiger partial charge in [-0.1, -0.05) is 208 Å². The van der Waals surface area contributed by atoms with Crippen LogP contribution in [0.4, 0.5) is 8.78 Å². The van der Waals surface area contributed by atoms with E-state index in [-0.39, 0.29) is 61.4 Å². The number of aromatic hydroxyl groups is 2. The molecule has 0 bridgehead atoms. The molecule has 0 unspecified atom stereocenters. The monoisotopic (exact) mass is 1710 g/mol. The molecule has 124 heavy (non-hydrogen) atoms. The molecule has 2 N–H and O–H groups in total. The van der Waals surface area contributed by atoms with E-state index in [1.807, 2.05) is 26.0 Å². The number of phenols is 2. The Balaban J connectivity index is 0.00000120. The molecular formula is C113H131F2N2O5ScSi-. The Labute approximate surface area is 758 Å². The Morgan fingerprint density at radius 3 is 0.855 bits per heavy atom. The molecule has 7 nitrogen and oxygen atoms in total.